The van der Waals surface area contributed by atoms with E-state index in [-0.39, 0.29) is 30.8 Å². The standard InChI is InChI=1S/C21H21FN4O3/c1-29-19-10-14(6-7-23-19)15-3-2-8-25(11-15)20(27)13-26-12-16-9-17(22)4-5-18(16)24-21(26)28/h3-7,9-10H,2,8,11-13H2,1H3,(H,24,28). The molecule has 0 aliphatic carbocycles. The Morgan fingerprint density at radius 2 is 2.14 bits per heavy atom. The van der Waals surface area contributed by atoms with Gasteiger partial charge in [-0.3, -0.25) is 4.79 Å². The van der Waals surface area contributed by atoms with Gasteiger partial charge >= 0.3 is 6.03 Å². The Hall–Kier alpha value is -3.42. The van der Waals surface area contributed by atoms with Crippen molar-refractivity contribution < 1.29 is 18.7 Å². The molecular weight excluding hydrogens is 375 g/mol. The van der Waals surface area contributed by atoms with Gasteiger partial charge in [0.15, 0.2) is 0 Å². The van der Waals surface area contributed by atoms with Crippen molar-refractivity contribution in [2.45, 2.75) is 13.0 Å². The van der Waals surface area contributed by atoms with Gasteiger partial charge in [0.2, 0.25) is 11.8 Å². The summed E-state index contributed by atoms with van der Waals surface area (Å²) in [7, 11) is 1.56. The zero-order valence-electron chi connectivity index (χ0n) is 16.0. The van der Waals surface area contributed by atoms with Gasteiger partial charge < -0.3 is 19.9 Å². The van der Waals surface area contributed by atoms with E-state index < -0.39 is 0 Å². The predicted molar refractivity (Wildman–Crippen MR) is 106 cm³/mol. The lowest BCUT2D eigenvalue weighted by Gasteiger charge is -2.33. The molecule has 3 heterocycles. The van der Waals surface area contributed by atoms with Crippen molar-refractivity contribution in [1.29, 1.82) is 0 Å². The Morgan fingerprint density at radius 3 is 2.97 bits per heavy atom. The number of rotatable bonds is 4. The number of carbonyl (C=O) groups is 2. The lowest BCUT2D eigenvalue weighted by molar-refractivity contribution is -0.131. The summed E-state index contributed by atoms with van der Waals surface area (Å²) < 4.78 is 18.7. The number of methoxy groups -OCH3 is 1. The van der Waals surface area contributed by atoms with Crippen molar-refractivity contribution in [3.8, 4) is 5.88 Å². The number of hydrogen-bond donors (Lipinski definition) is 1. The lowest BCUT2D eigenvalue weighted by atomic mass is 10.0. The SMILES string of the molecule is COc1cc(C2=CCCN(C(=O)CN3Cc4cc(F)ccc4NC3=O)C2)ccn1. The van der Waals surface area contributed by atoms with Crippen LogP contribution in [0, 0.1) is 5.82 Å². The molecule has 0 atom stereocenters. The number of carbonyl (C=O) groups excluding carboxylic acids is 2. The summed E-state index contributed by atoms with van der Waals surface area (Å²) in [5, 5.41) is 2.71. The van der Waals surface area contributed by atoms with Gasteiger partial charge in [-0.25, -0.2) is 14.2 Å². The third-order valence-corrected chi connectivity index (χ3v) is 5.10. The van der Waals surface area contributed by atoms with Gasteiger partial charge in [0, 0.05) is 31.0 Å². The van der Waals surface area contributed by atoms with Crippen LogP contribution in [0.25, 0.3) is 5.57 Å². The maximum absolute atomic E-state index is 13.5. The summed E-state index contributed by atoms with van der Waals surface area (Å²) in [6.07, 6.45) is 4.50. The van der Waals surface area contributed by atoms with E-state index in [1.165, 1.54) is 23.1 Å². The monoisotopic (exact) mass is 396 g/mol. The molecular formula is C21H21FN4O3. The van der Waals surface area contributed by atoms with Gasteiger partial charge in [-0.15, -0.1) is 0 Å². The summed E-state index contributed by atoms with van der Waals surface area (Å²) >= 11 is 0. The molecule has 150 valence electrons. The summed E-state index contributed by atoms with van der Waals surface area (Å²) in [5.74, 6) is -0.000812. The van der Waals surface area contributed by atoms with Crippen LogP contribution in [0.1, 0.15) is 17.5 Å². The topological polar surface area (TPSA) is 74.8 Å². The summed E-state index contributed by atoms with van der Waals surface area (Å²) in [6.45, 7) is 1.18. The third-order valence-electron chi connectivity index (χ3n) is 5.10. The molecule has 8 heteroatoms. The number of benzene rings is 1. The van der Waals surface area contributed by atoms with Gasteiger partial charge in [0.1, 0.15) is 12.4 Å². The number of fused-ring (bicyclic) bond motifs is 1. The maximum atomic E-state index is 13.5. The van der Waals surface area contributed by atoms with Crippen LogP contribution in [0.15, 0.2) is 42.6 Å². The molecule has 29 heavy (non-hydrogen) atoms. The summed E-state index contributed by atoms with van der Waals surface area (Å²) in [6, 6.07) is 7.58. The van der Waals surface area contributed by atoms with E-state index in [9.17, 15) is 14.0 Å². The minimum absolute atomic E-state index is 0.0608. The van der Waals surface area contributed by atoms with Crippen LogP contribution in [-0.4, -0.2) is 53.5 Å². The van der Waals surface area contributed by atoms with Crippen molar-refractivity contribution in [2.24, 2.45) is 0 Å². The van der Waals surface area contributed by atoms with Crippen LogP contribution in [-0.2, 0) is 11.3 Å². The Labute approximate surface area is 167 Å². The number of amides is 3. The van der Waals surface area contributed by atoms with Crippen LogP contribution >= 0.6 is 0 Å². The van der Waals surface area contributed by atoms with Crippen molar-refractivity contribution >= 4 is 23.2 Å². The van der Waals surface area contributed by atoms with Crippen LogP contribution in [0.4, 0.5) is 14.9 Å². The quantitative estimate of drug-likeness (QED) is 0.862. The number of halogens is 1. The third kappa shape index (κ3) is 4.06. The largest absolute Gasteiger partial charge is 0.481 e. The minimum atomic E-state index is -0.371. The molecule has 0 saturated heterocycles. The molecule has 3 amide bonds. The molecule has 2 aromatic rings. The first-order valence-electron chi connectivity index (χ1n) is 9.35. The fourth-order valence-electron chi connectivity index (χ4n) is 3.56. The molecule has 1 aromatic carbocycles. The van der Waals surface area contributed by atoms with E-state index in [1.54, 1.807) is 18.2 Å². The first-order valence-corrected chi connectivity index (χ1v) is 9.35. The van der Waals surface area contributed by atoms with E-state index in [0.717, 1.165) is 17.6 Å². The molecule has 0 spiro atoms. The average Bonchev–Trinajstić information content (AvgIpc) is 2.74. The van der Waals surface area contributed by atoms with Gasteiger partial charge in [0.05, 0.1) is 13.7 Å². The van der Waals surface area contributed by atoms with E-state index in [0.29, 0.717) is 30.2 Å². The zero-order valence-corrected chi connectivity index (χ0v) is 16.0. The number of urea groups is 1. The highest BCUT2D eigenvalue weighted by molar-refractivity contribution is 5.95. The number of nitrogens with zero attached hydrogens (tertiary/aromatic N) is 3. The number of aromatic nitrogens is 1. The fraction of sp³-hybridized carbons (Fsp3) is 0.286. The second-order valence-corrected chi connectivity index (χ2v) is 7.01. The van der Waals surface area contributed by atoms with Crippen molar-refractivity contribution in [3.05, 3.63) is 59.5 Å². The molecule has 1 N–H and O–H groups in total. The molecule has 2 aliphatic heterocycles. The number of nitrogens with one attached hydrogen (secondary N) is 1. The minimum Gasteiger partial charge on any atom is -0.481 e. The van der Waals surface area contributed by atoms with E-state index in [4.69, 9.17) is 4.74 Å². The Bertz CT molecular complexity index is 992. The average molecular weight is 396 g/mol. The fourth-order valence-corrected chi connectivity index (χ4v) is 3.56. The smallest absolute Gasteiger partial charge is 0.322 e. The molecule has 0 unspecified atom stereocenters. The summed E-state index contributed by atoms with van der Waals surface area (Å²) in [5.41, 5.74) is 3.20. The molecule has 0 saturated carbocycles. The van der Waals surface area contributed by atoms with E-state index in [2.05, 4.69) is 16.4 Å². The van der Waals surface area contributed by atoms with Crippen molar-refractivity contribution in [1.82, 2.24) is 14.8 Å². The highest BCUT2D eigenvalue weighted by atomic mass is 19.1. The van der Waals surface area contributed by atoms with Crippen LogP contribution in [0.3, 0.4) is 0 Å². The summed E-state index contributed by atoms with van der Waals surface area (Å²) in [4.78, 5) is 32.4. The van der Waals surface area contributed by atoms with Crippen LogP contribution in [0.5, 0.6) is 5.88 Å². The molecule has 0 radical (unpaired) electrons. The molecule has 0 fully saturated rings. The van der Waals surface area contributed by atoms with Crippen LogP contribution < -0.4 is 10.1 Å². The Morgan fingerprint density at radius 1 is 1.28 bits per heavy atom. The molecule has 0 bridgehead atoms. The van der Waals surface area contributed by atoms with Gasteiger partial charge in [-0.1, -0.05) is 6.08 Å². The van der Waals surface area contributed by atoms with Crippen LogP contribution in [0.2, 0.25) is 0 Å². The van der Waals surface area contributed by atoms with E-state index in [1.807, 2.05) is 12.1 Å². The Kier molecular flexibility index (Phi) is 5.16. The Balaban J connectivity index is 1.43. The highest BCUT2D eigenvalue weighted by Gasteiger charge is 2.27. The number of pyridine rings is 1. The predicted octanol–water partition coefficient (Wildman–Crippen LogP) is 2.89. The zero-order chi connectivity index (χ0) is 20.4. The van der Waals surface area contributed by atoms with Gasteiger partial charge in [0.25, 0.3) is 0 Å². The maximum Gasteiger partial charge on any atom is 0.322 e. The van der Waals surface area contributed by atoms with E-state index >= 15 is 0 Å². The number of ether oxygens (including phenoxy) is 1. The molecule has 1 aromatic heterocycles. The lowest BCUT2D eigenvalue weighted by Crippen LogP contribution is -2.47. The first kappa shape index (κ1) is 18.9. The normalized spacial score (nSPS) is 16.1. The number of anilines is 1. The van der Waals surface area contributed by atoms with Gasteiger partial charge in [-0.2, -0.15) is 0 Å². The van der Waals surface area contributed by atoms with Crippen molar-refractivity contribution in [3.63, 3.8) is 0 Å². The second-order valence-electron chi connectivity index (χ2n) is 7.01. The van der Waals surface area contributed by atoms with Gasteiger partial charge in [-0.05, 0) is 47.4 Å². The molecule has 2 aliphatic rings. The highest BCUT2D eigenvalue weighted by Crippen LogP contribution is 2.25. The first-order chi connectivity index (χ1) is 14.0. The van der Waals surface area contributed by atoms with Crippen molar-refractivity contribution in [2.75, 3.05) is 32.1 Å². The molecule has 4 rings (SSSR count). The molecule has 7 nitrogen and oxygen atoms in total. The second kappa shape index (κ2) is 7.90. The number of hydrogen-bond acceptors (Lipinski definition) is 4.